The third-order valence-electron chi connectivity index (χ3n) is 3.28. The molecule has 0 amide bonds. The Morgan fingerprint density at radius 1 is 1.20 bits per heavy atom. The van der Waals surface area contributed by atoms with Crippen LogP contribution in [0.3, 0.4) is 0 Å². The maximum atomic E-state index is 12.2. The van der Waals surface area contributed by atoms with Gasteiger partial charge in [-0.3, -0.25) is 4.79 Å². The van der Waals surface area contributed by atoms with Crippen molar-refractivity contribution in [3.8, 4) is 0 Å². The van der Waals surface area contributed by atoms with Crippen molar-refractivity contribution in [1.82, 2.24) is 0 Å². The summed E-state index contributed by atoms with van der Waals surface area (Å²) in [5.41, 5.74) is 2.08. The summed E-state index contributed by atoms with van der Waals surface area (Å²) in [5, 5.41) is 0. The molecule has 0 bridgehead atoms. The summed E-state index contributed by atoms with van der Waals surface area (Å²) in [6.07, 6.45) is 5.93. The topological polar surface area (TPSA) is 17.1 Å². The highest BCUT2D eigenvalue weighted by Crippen LogP contribution is 2.26. The van der Waals surface area contributed by atoms with Crippen molar-refractivity contribution < 1.29 is 4.79 Å². The molecule has 0 N–H and O–H groups in total. The Hall–Kier alpha value is -1.11. The molecule has 1 aromatic carbocycles. The van der Waals surface area contributed by atoms with Gasteiger partial charge in [-0.1, -0.05) is 43.0 Å². The zero-order valence-electron chi connectivity index (χ0n) is 9.33. The molecular weight excluding hydrogens is 184 g/mol. The van der Waals surface area contributed by atoms with E-state index in [0.717, 1.165) is 18.4 Å². The minimum atomic E-state index is 0.292. The Morgan fingerprint density at radius 3 is 2.60 bits per heavy atom. The molecule has 1 aromatic rings. The number of carbonyl (C=O) groups is 1. The Kier molecular flexibility index (Phi) is 3.20. The minimum Gasteiger partial charge on any atom is -0.294 e. The van der Waals surface area contributed by atoms with E-state index in [1.165, 1.54) is 24.8 Å². The first-order valence-corrected chi connectivity index (χ1v) is 5.88. The third-order valence-corrected chi connectivity index (χ3v) is 3.28. The number of hydrogen-bond acceptors (Lipinski definition) is 1. The number of aryl methyl sites for hydroxylation is 1. The van der Waals surface area contributed by atoms with E-state index in [4.69, 9.17) is 0 Å². The van der Waals surface area contributed by atoms with Crippen molar-refractivity contribution >= 4 is 5.78 Å². The molecular formula is C14H18O. The summed E-state index contributed by atoms with van der Waals surface area (Å²) in [6, 6.07) is 7.98. The van der Waals surface area contributed by atoms with E-state index in [1.54, 1.807) is 0 Å². The molecule has 0 saturated heterocycles. The first kappa shape index (κ1) is 10.4. The lowest BCUT2D eigenvalue weighted by Crippen LogP contribution is -2.17. The Labute approximate surface area is 91.5 Å². The molecule has 0 atom stereocenters. The van der Waals surface area contributed by atoms with E-state index < -0.39 is 0 Å². The summed E-state index contributed by atoms with van der Waals surface area (Å²) in [4.78, 5) is 12.2. The van der Waals surface area contributed by atoms with Gasteiger partial charge in [0.25, 0.3) is 0 Å². The van der Waals surface area contributed by atoms with Gasteiger partial charge in [-0.05, 0) is 25.8 Å². The van der Waals surface area contributed by atoms with Crippen molar-refractivity contribution in [1.29, 1.82) is 0 Å². The molecule has 0 heterocycles. The second kappa shape index (κ2) is 4.61. The number of Topliss-reactive ketones (excluding diaryl/α,β-unsaturated/α-hetero) is 1. The van der Waals surface area contributed by atoms with Crippen LogP contribution in [0.1, 0.15) is 48.0 Å². The summed E-state index contributed by atoms with van der Waals surface area (Å²) < 4.78 is 0. The quantitative estimate of drug-likeness (QED) is 0.667. The second-order valence-electron chi connectivity index (χ2n) is 4.57. The highest BCUT2D eigenvalue weighted by molar-refractivity contribution is 5.98. The van der Waals surface area contributed by atoms with Crippen molar-refractivity contribution in [3.63, 3.8) is 0 Å². The summed E-state index contributed by atoms with van der Waals surface area (Å²) in [5.74, 6) is 0.652. The Balaban J connectivity index is 2.12. The second-order valence-corrected chi connectivity index (χ2v) is 4.57. The fourth-order valence-electron chi connectivity index (χ4n) is 2.40. The first-order chi connectivity index (χ1) is 7.27. The Bertz CT molecular complexity index is 348. The Morgan fingerprint density at radius 2 is 1.93 bits per heavy atom. The average molecular weight is 202 g/mol. The molecule has 0 spiro atoms. The van der Waals surface area contributed by atoms with Gasteiger partial charge in [0.1, 0.15) is 0 Å². The van der Waals surface area contributed by atoms with Gasteiger partial charge >= 0.3 is 0 Å². The zero-order valence-corrected chi connectivity index (χ0v) is 9.33. The summed E-state index contributed by atoms with van der Waals surface area (Å²) in [7, 11) is 0. The molecule has 0 radical (unpaired) electrons. The zero-order chi connectivity index (χ0) is 10.7. The number of rotatable bonds is 2. The minimum absolute atomic E-state index is 0.292. The van der Waals surface area contributed by atoms with Crippen molar-refractivity contribution in [3.05, 3.63) is 35.4 Å². The largest absolute Gasteiger partial charge is 0.294 e. The maximum absolute atomic E-state index is 12.2. The van der Waals surface area contributed by atoms with Gasteiger partial charge in [-0.15, -0.1) is 0 Å². The van der Waals surface area contributed by atoms with E-state index in [-0.39, 0.29) is 0 Å². The van der Waals surface area contributed by atoms with Crippen LogP contribution in [0.5, 0.6) is 0 Å². The van der Waals surface area contributed by atoms with Gasteiger partial charge in [0.05, 0.1) is 0 Å². The molecule has 1 fully saturated rings. The molecule has 0 aromatic heterocycles. The molecule has 1 nitrogen and oxygen atoms in total. The van der Waals surface area contributed by atoms with Crippen LogP contribution < -0.4 is 0 Å². The lowest BCUT2D eigenvalue weighted by molar-refractivity contribution is 0.0889. The SMILES string of the molecule is Cc1cccc(C(=O)C2CCCCC2)c1. The predicted octanol–water partition coefficient (Wildman–Crippen LogP) is 3.76. The van der Waals surface area contributed by atoms with Crippen molar-refractivity contribution in [2.24, 2.45) is 5.92 Å². The number of carbonyl (C=O) groups excluding carboxylic acids is 1. The molecule has 80 valence electrons. The molecule has 0 unspecified atom stereocenters. The van der Waals surface area contributed by atoms with Crippen LogP contribution in [0.4, 0.5) is 0 Å². The maximum Gasteiger partial charge on any atom is 0.165 e. The van der Waals surface area contributed by atoms with Gasteiger partial charge in [0.2, 0.25) is 0 Å². The van der Waals surface area contributed by atoms with Crippen LogP contribution in [0.2, 0.25) is 0 Å². The lowest BCUT2D eigenvalue weighted by Gasteiger charge is -2.20. The highest BCUT2D eigenvalue weighted by Gasteiger charge is 2.21. The summed E-state index contributed by atoms with van der Waals surface area (Å²) >= 11 is 0. The highest BCUT2D eigenvalue weighted by atomic mass is 16.1. The van der Waals surface area contributed by atoms with E-state index >= 15 is 0 Å². The standard InChI is InChI=1S/C14H18O/c1-11-6-5-9-13(10-11)14(15)12-7-3-2-4-8-12/h5-6,9-10,12H,2-4,7-8H2,1H3. The normalized spacial score (nSPS) is 17.7. The van der Waals surface area contributed by atoms with Crippen LogP contribution in [-0.4, -0.2) is 5.78 Å². The average Bonchev–Trinajstić information content (AvgIpc) is 2.29. The van der Waals surface area contributed by atoms with Crippen LogP contribution in [0.15, 0.2) is 24.3 Å². The fraction of sp³-hybridized carbons (Fsp3) is 0.500. The number of benzene rings is 1. The molecule has 1 aliphatic rings. The van der Waals surface area contributed by atoms with E-state index in [1.807, 2.05) is 31.2 Å². The molecule has 1 saturated carbocycles. The monoisotopic (exact) mass is 202 g/mol. The first-order valence-electron chi connectivity index (χ1n) is 5.88. The van der Waals surface area contributed by atoms with Crippen LogP contribution in [-0.2, 0) is 0 Å². The van der Waals surface area contributed by atoms with Crippen LogP contribution >= 0.6 is 0 Å². The van der Waals surface area contributed by atoms with Gasteiger partial charge < -0.3 is 0 Å². The number of ketones is 1. The van der Waals surface area contributed by atoms with Gasteiger partial charge in [0, 0.05) is 11.5 Å². The van der Waals surface area contributed by atoms with E-state index in [9.17, 15) is 4.79 Å². The van der Waals surface area contributed by atoms with Crippen molar-refractivity contribution in [2.45, 2.75) is 39.0 Å². The summed E-state index contributed by atoms with van der Waals surface area (Å²) in [6.45, 7) is 2.04. The molecule has 0 aliphatic heterocycles. The predicted molar refractivity (Wildman–Crippen MR) is 62.1 cm³/mol. The van der Waals surface area contributed by atoms with Gasteiger partial charge in [0.15, 0.2) is 5.78 Å². The molecule has 15 heavy (non-hydrogen) atoms. The lowest BCUT2D eigenvalue weighted by atomic mass is 9.84. The van der Waals surface area contributed by atoms with Crippen LogP contribution in [0.25, 0.3) is 0 Å². The molecule has 1 aliphatic carbocycles. The van der Waals surface area contributed by atoms with E-state index in [0.29, 0.717) is 11.7 Å². The fourth-order valence-corrected chi connectivity index (χ4v) is 2.40. The van der Waals surface area contributed by atoms with E-state index in [2.05, 4.69) is 0 Å². The number of hydrogen-bond donors (Lipinski definition) is 0. The molecule has 2 rings (SSSR count). The van der Waals surface area contributed by atoms with Crippen molar-refractivity contribution in [2.75, 3.05) is 0 Å². The van der Waals surface area contributed by atoms with Gasteiger partial charge in [-0.2, -0.15) is 0 Å². The third kappa shape index (κ3) is 2.47. The molecule has 1 heteroatoms. The van der Waals surface area contributed by atoms with Crippen LogP contribution in [0, 0.1) is 12.8 Å². The smallest absolute Gasteiger partial charge is 0.165 e. The van der Waals surface area contributed by atoms with Gasteiger partial charge in [-0.25, -0.2) is 0 Å².